The zero-order valence-electron chi connectivity index (χ0n) is 27.5. The topological polar surface area (TPSA) is 38.8 Å². The maximum absolute atomic E-state index is 13.9. The van der Waals surface area contributed by atoms with Gasteiger partial charge in [0.2, 0.25) is 5.91 Å². The van der Waals surface area contributed by atoms with E-state index < -0.39 is 8.32 Å². The summed E-state index contributed by atoms with van der Waals surface area (Å²) >= 11 is 3.65. The quantitative estimate of drug-likeness (QED) is 0.138. The Kier molecular flexibility index (Phi) is 10.9. The Bertz CT molecular complexity index is 1590. The van der Waals surface area contributed by atoms with Gasteiger partial charge < -0.3 is 14.1 Å². The van der Waals surface area contributed by atoms with E-state index in [1.807, 2.05) is 77.7 Å². The van der Waals surface area contributed by atoms with Crippen molar-refractivity contribution in [2.24, 2.45) is 5.92 Å². The fraction of sp³-hybridized carbons (Fsp3) is 0.359. The summed E-state index contributed by atoms with van der Waals surface area (Å²) in [6.45, 7) is 11.7. The van der Waals surface area contributed by atoms with Crippen LogP contribution >= 0.6 is 15.9 Å². The van der Waals surface area contributed by atoms with Crippen LogP contribution in [0, 0.1) is 11.7 Å². The lowest BCUT2D eigenvalue weighted by Crippen LogP contribution is -2.41. The minimum absolute atomic E-state index is 0.0438. The summed E-state index contributed by atoms with van der Waals surface area (Å²) in [6, 6.07) is 32.8. The number of anilines is 1. The van der Waals surface area contributed by atoms with Crippen LogP contribution in [0.15, 0.2) is 108 Å². The van der Waals surface area contributed by atoms with Gasteiger partial charge in [-0.25, -0.2) is 4.39 Å². The number of rotatable bonds is 12. The molecule has 4 nitrogen and oxygen atoms in total. The summed E-state index contributed by atoms with van der Waals surface area (Å²) in [6.07, 6.45) is 2.81. The molecule has 1 amide bonds. The molecule has 1 aliphatic heterocycles. The molecule has 0 aliphatic carbocycles. The molecule has 1 saturated heterocycles. The number of nitrogens with zero attached hydrogens (tertiary/aromatic N) is 1. The SMILES string of the molecule is CC(C)(C)[Si](C)(C)O[C@H](CCC[C@@H]1CC(=O)N(c2ccccc2)[C@@H]1c1ccc(Br)cc1OCc1ccccc1)c1ccc(F)cc1. The second-order valence-corrected chi connectivity index (χ2v) is 19.5. The molecule has 4 aromatic rings. The first-order valence-electron chi connectivity index (χ1n) is 16.2. The number of hydrogen-bond donors (Lipinski definition) is 0. The van der Waals surface area contributed by atoms with Crippen molar-refractivity contribution in [1.29, 1.82) is 0 Å². The molecule has 3 atom stereocenters. The first-order valence-corrected chi connectivity index (χ1v) is 19.9. The van der Waals surface area contributed by atoms with Crippen molar-refractivity contribution in [2.75, 3.05) is 4.90 Å². The summed E-state index contributed by atoms with van der Waals surface area (Å²) in [5, 5.41) is 0.0438. The van der Waals surface area contributed by atoms with Gasteiger partial charge in [0.25, 0.3) is 0 Å². The van der Waals surface area contributed by atoms with Gasteiger partial charge in [-0.15, -0.1) is 0 Å². The molecule has 0 N–H and O–H groups in total. The van der Waals surface area contributed by atoms with E-state index in [-0.39, 0.29) is 34.8 Å². The van der Waals surface area contributed by atoms with Crippen LogP contribution in [0.5, 0.6) is 5.75 Å². The van der Waals surface area contributed by atoms with Crippen molar-refractivity contribution < 1.29 is 18.3 Å². The number of para-hydroxylation sites is 1. The van der Waals surface area contributed by atoms with Gasteiger partial charge >= 0.3 is 0 Å². The van der Waals surface area contributed by atoms with Crippen LogP contribution in [-0.4, -0.2) is 14.2 Å². The number of hydrogen-bond acceptors (Lipinski definition) is 3. The number of carbonyl (C=O) groups is 1. The standard InChI is InChI=1S/C39H45BrFNO3Si/c1-39(2,3)46(4,5)45-35(29-19-22-32(41)23-20-29)18-12-15-30-25-37(43)42(33-16-10-7-11-17-33)38(30)34-24-21-31(40)26-36(34)44-27-28-13-8-6-9-14-28/h6-11,13-14,16-17,19-24,26,30,35,38H,12,15,18,25,27H2,1-5H3/t30-,35-,38+/m1/s1. The largest absolute Gasteiger partial charge is 0.489 e. The molecule has 0 radical (unpaired) electrons. The lowest BCUT2D eigenvalue weighted by atomic mass is 9.88. The highest BCUT2D eigenvalue weighted by molar-refractivity contribution is 9.10. The van der Waals surface area contributed by atoms with Crippen LogP contribution < -0.4 is 9.64 Å². The molecule has 7 heteroatoms. The van der Waals surface area contributed by atoms with E-state index in [0.29, 0.717) is 13.0 Å². The second kappa shape index (κ2) is 14.7. The Labute approximate surface area is 283 Å². The molecule has 1 fully saturated rings. The predicted octanol–water partition coefficient (Wildman–Crippen LogP) is 11.2. The highest BCUT2D eigenvalue weighted by Crippen LogP contribution is 2.48. The Morgan fingerprint density at radius 3 is 2.24 bits per heavy atom. The van der Waals surface area contributed by atoms with E-state index in [1.165, 1.54) is 12.1 Å². The molecule has 1 aliphatic rings. The van der Waals surface area contributed by atoms with E-state index >= 15 is 0 Å². The first kappa shape index (κ1) is 34.1. The van der Waals surface area contributed by atoms with E-state index in [0.717, 1.165) is 51.9 Å². The molecule has 46 heavy (non-hydrogen) atoms. The van der Waals surface area contributed by atoms with E-state index in [2.05, 4.69) is 68.0 Å². The lowest BCUT2D eigenvalue weighted by molar-refractivity contribution is -0.117. The first-order chi connectivity index (χ1) is 21.9. The van der Waals surface area contributed by atoms with Crippen LogP contribution in [0.4, 0.5) is 10.1 Å². The third kappa shape index (κ3) is 8.17. The Morgan fingerprint density at radius 1 is 0.935 bits per heavy atom. The van der Waals surface area contributed by atoms with E-state index in [9.17, 15) is 9.18 Å². The van der Waals surface area contributed by atoms with Crippen LogP contribution in [0.3, 0.4) is 0 Å². The van der Waals surface area contributed by atoms with Crippen molar-refractivity contribution in [1.82, 2.24) is 0 Å². The molecular formula is C39H45BrFNO3Si. The summed E-state index contributed by atoms with van der Waals surface area (Å²) in [5.74, 6) is 0.720. The van der Waals surface area contributed by atoms with Crippen LogP contribution in [-0.2, 0) is 15.8 Å². The number of halogens is 2. The molecule has 0 unspecified atom stereocenters. The second-order valence-electron chi connectivity index (χ2n) is 13.8. The fourth-order valence-corrected chi connectivity index (χ4v) is 7.69. The maximum Gasteiger partial charge on any atom is 0.227 e. The molecule has 0 saturated carbocycles. The molecule has 0 spiro atoms. The molecule has 242 valence electrons. The van der Waals surface area contributed by atoms with E-state index in [4.69, 9.17) is 9.16 Å². The average Bonchev–Trinajstić information content (AvgIpc) is 3.35. The smallest absolute Gasteiger partial charge is 0.227 e. The fourth-order valence-electron chi connectivity index (χ4n) is 6.03. The lowest BCUT2D eigenvalue weighted by Gasteiger charge is -2.39. The molecule has 1 heterocycles. The highest BCUT2D eigenvalue weighted by Gasteiger charge is 2.43. The van der Waals surface area contributed by atoms with Crippen LogP contribution in [0.25, 0.3) is 0 Å². The predicted molar refractivity (Wildman–Crippen MR) is 191 cm³/mol. The van der Waals surface area contributed by atoms with Crippen LogP contribution in [0.2, 0.25) is 18.1 Å². The zero-order chi connectivity index (χ0) is 32.9. The maximum atomic E-state index is 13.9. The minimum atomic E-state index is -2.11. The minimum Gasteiger partial charge on any atom is -0.489 e. The van der Waals surface area contributed by atoms with Crippen molar-refractivity contribution in [3.8, 4) is 5.75 Å². The Balaban J connectivity index is 1.43. The normalized spacial score (nSPS) is 17.7. The summed E-state index contributed by atoms with van der Waals surface area (Å²) in [7, 11) is -2.11. The number of amides is 1. The molecular weight excluding hydrogens is 657 g/mol. The van der Waals surface area contributed by atoms with Gasteiger partial charge in [-0.05, 0) is 84.4 Å². The van der Waals surface area contributed by atoms with Gasteiger partial charge in [-0.1, -0.05) is 110 Å². The molecule has 0 aromatic heterocycles. The summed E-state index contributed by atoms with van der Waals surface area (Å²) < 4.78 is 28.2. The number of ether oxygens (including phenoxy) is 1. The van der Waals surface area contributed by atoms with Gasteiger partial charge in [0.05, 0.1) is 12.1 Å². The van der Waals surface area contributed by atoms with Gasteiger partial charge in [0, 0.05) is 22.1 Å². The monoisotopic (exact) mass is 701 g/mol. The van der Waals surface area contributed by atoms with Crippen molar-refractivity contribution in [3.05, 3.63) is 130 Å². The van der Waals surface area contributed by atoms with Crippen molar-refractivity contribution in [2.45, 2.75) is 83.3 Å². The van der Waals surface area contributed by atoms with Gasteiger partial charge in [-0.3, -0.25) is 4.79 Å². The molecule has 0 bridgehead atoms. The van der Waals surface area contributed by atoms with Crippen molar-refractivity contribution in [3.63, 3.8) is 0 Å². The Morgan fingerprint density at radius 2 is 1.59 bits per heavy atom. The summed E-state index contributed by atoms with van der Waals surface area (Å²) in [5.41, 5.74) is 3.98. The van der Waals surface area contributed by atoms with Gasteiger partial charge in [-0.2, -0.15) is 0 Å². The molecule has 4 aromatic carbocycles. The van der Waals surface area contributed by atoms with Crippen molar-refractivity contribution >= 4 is 35.8 Å². The third-order valence-corrected chi connectivity index (χ3v) is 14.5. The Hall–Kier alpha value is -3.26. The van der Waals surface area contributed by atoms with Gasteiger partial charge in [0.15, 0.2) is 8.32 Å². The average molecular weight is 703 g/mol. The van der Waals surface area contributed by atoms with Gasteiger partial charge in [0.1, 0.15) is 18.2 Å². The van der Waals surface area contributed by atoms with E-state index in [1.54, 1.807) is 0 Å². The molecule has 5 rings (SSSR count). The highest BCUT2D eigenvalue weighted by atomic mass is 79.9. The summed E-state index contributed by atoms with van der Waals surface area (Å²) in [4.78, 5) is 15.8. The van der Waals surface area contributed by atoms with Crippen LogP contribution in [0.1, 0.15) is 75.3 Å². The zero-order valence-corrected chi connectivity index (χ0v) is 30.1. The third-order valence-electron chi connectivity index (χ3n) is 9.52. The number of carbonyl (C=O) groups excluding carboxylic acids is 1. The number of benzene rings is 4.